The fourth-order valence-corrected chi connectivity index (χ4v) is 3.34. The molecular formula is C7H17NSi. The van der Waals surface area contributed by atoms with E-state index in [1.165, 1.54) is 32.1 Å². The summed E-state index contributed by atoms with van der Waals surface area (Å²) in [7, 11) is 0.154. The van der Waals surface area contributed by atoms with Crippen molar-refractivity contribution in [1.82, 2.24) is 0 Å². The van der Waals surface area contributed by atoms with Crippen molar-refractivity contribution in [2.24, 2.45) is 5.73 Å². The van der Waals surface area contributed by atoms with E-state index in [2.05, 4.69) is 0 Å². The highest BCUT2D eigenvalue weighted by Gasteiger charge is 2.11. The lowest BCUT2D eigenvalue weighted by Crippen LogP contribution is -2.17. The van der Waals surface area contributed by atoms with Gasteiger partial charge in [-0.05, 0) is 11.7 Å². The number of rotatable bonds is 2. The van der Waals surface area contributed by atoms with Crippen LogP contribution in [0.4, 0.5) is 0 Å². The second-order valence-electron chi connectivity index (χ2n) is 3.08. The molecule has 1 fully saturated rings. The van der Waals surface area contributed by atoms with Gasteiger partial charge in [0.2, 0.25) is 0 Å². The molecule has 1 aliphatic rings. The van der Waals surface area contributed by atoms with Crippen LogP contribution in [-0.2, 0) is 0 Å². The first-order chi connectivity index (χ1) is 4.43. The van der Waals surface area contributed by atoms with Crippen LogP contribution in [0.3, 0.4) is 0 Å². The average Bonchev–Trinajstić information content (AvgIpc) is 1.91. The summed E-state index contributed by atoms with van der Waals surface area (Å²) in [4.78, 5) is 0. The molecule has 1 rings (SSSR count). The normalized spacial score (nSPS) is 23.7. The van der Waals surface area contributed by atoms with E-state index in [0.717, 1.165) is 11.7 Å². The van der Waals surface area contributed by atoms with Crippen LogP contribution < -0.4 is 5.73 Å². The highest BCUT2D eigenvalue weighted by Crippen LogP contribution is 2.26. The Kier molecular flexibility index (Phi) is 3.29. The molecule has 0 aromatic heterocycles. The van der Waals surface area contributed by atoms with Gasteiger partial charge in [-0.25, -0.2) is 0 Å². The van der Waals surface area contributed by atoms with Gasteiger partial charge in [0.05, 0.1) is 0 Å². The molecule has 0 unspecified atom stereocenters. The Labute approximate surface area is 59.8 Å². The molecule has 1 saturated carbocycles. The van der Waals surface area contributed by atoms with Gasteiger partial charge in [0.25, 0.3) is 0 Å². The lowest BCUT2D eigenvalue weighted by molar-refractivity contribution is 0.500. The van der Waals surface area contributed by atoms with Crippen molar-refractivity contribution in [2.75, 3.05) is 6.17 Å². The van der Waals surface area contributed by atoms with E-state index in [0.29, 0.717) is 0 Å². The van der Waals surface area contributed by atoms with Gasteiger partial charge in [-0.3, -0.25) is 0 Å². The zero-order chi connectivity index (χ0) is 6.53. The third-order valence-corrected chi connectivity index (χ3v) is 4.27. The molecule has 0 aromatic rings. The third-order valence-electron chi connectivity index (χ3n) is 2.30. The smallest absolute Gasteiger partial charge is 0.0393 e. The molecule has 0 aromatic carbocycles. The van der Waals surface area contributed by atoms with Crippen LogP contribution in [0.15, 0.2) is 0 Å². The molecule has 0 spiro atoms. The summed E-state index contributed by atoms with van der Waals surface area (Å²) in [5.74, 6) is 0. The second-order valence-corrected chi connectivity index (χ2v) is 5.39. The first-order valence-corrected chi connectivity index (χ1v) is 5.95. The Bertz CT molecular complexity index is 66.6. The van der Waals surface area contributed by atoms with Gasteiger partial charge in [-0.15, -0.1) is 0 Å². The Balaban J connectivity index is 2.08. The molecule has 2 N–H and O–H groups in total. The minimum atomic E-state index is 0.154. The van der Waals surface area contributed by atoms with Crippen molar-refractivity contribution < 1.29 is 0 Å². The van der Waals surface area contributed by atoms with E-state index in [9.17, 15) is 0 Å². The predicted molar refractivity (Wildman–Crippen MR) is 44.4 cm³/mol. The number of hydrogen-bond acceptors (Lipinski definition) is 1. The van der Waals surface area contributed by atoms with Crippen LogP contribution in [0.2, 0.25) is 5.54 Å². The van der Waals surface area contributed by atoms with E-state index in [1.54, 1.807) is 0 Å². The summed E-state index contributed by atoms with van der Waals surface area (Å²) in [6.45, 7) is 0. The Morgan fingerprint density at radius 2 is 1.89 bits per heavy atom. The lowest BCUT2D eigenvalue weighted by atomic mass is 10.0. The van der Waals surface area contributed by atoms with Crippen LogP contribution in [-0.4, -0.2) is 15.7 Å². The average molecular weight is 143 g/mol. The standard InChI is InChI=1S/C7H17NSi/c8-6-9-7-4-2-1-3-5-7/h7H,1-6,8-9H2. The molecule has 0 atom stereocenters. The Hall–Kier alpha value is 0.177. The second kappa shape index (κ2) is 4.07. The summed E-state index contributed by atoms with van der Waals surface area (Å²) >= 11 is 0. The van der Waals surface area contributed by atoms with E-state index in [4.69, 9.17) is 5.73 Å². The van der Waals surface area contributed by atoms with E-state index in [1.807, 2.05) is 0 Å². The zero-order valence-electron chi connectivity index (χ0n) is 6.10. The van der Waals surface area contributed by atoms with Crippen molar-refractivity contribution in [2.45, 2.75) is 37.6 Å². The van der Waals surface area contributed by atoms with Crippen LogP contribution in [0.5, 0.6) is 0 Å². The molecule has 0 bridgehead atoms. The Morgan fingerprint density at radius 3 is 2.44 bits per heavy atom. The van der Waals surface area contributed by atoms with E-state index < -0.39 is 0 Å². The molecule has 0 heterocycles. The quantitative estimate of drug-likeness (QED) is 0.569. The molecule has 9 heavy (non-hydrogen) atoms. The third kappa shape index (κ3) is 2.50. The predicted octanol–water partition coefficient (Wildman–Crippen LogP) is 0.824. The highest BCUT2D eigenvalue weighted by molar-refractivity contribution is 6.37. The maximum absolute atomic E-state index is 5.52. The minimum Gasteiger partial charge on any atom is -0.334 e. The van der Waals surface area contributed by atoms with Crippen LogP contribution in [0.25, 0.3) is 0 Å². The number of hydrogen-bond donors (Lipinski definition) is 1. The molecule has 0 saturated heterocycles. The summed E-state index contributed by atoms with van der Waals surface area (Å²) in [6, 6.07) is 0. The van der Waals surface area contributed by atoms with Crippen molar-refractivity contribution in [3.8, 4) is 0 Å². The molecule has 1 aliphatic carbocycles. The van der Waals surface area contributed by atoms with E-state index >= 15 is 0 Å². The molecular weight excluding hydrogens is 126 g/mol. The minimum absolute atomic E-state index is 0.154. The summed E-state index contributed by atoms with van der Waals surface area (Å²) in [5.41, 5.74) is 6.64. The zero-order valence-corrected chi connectivity index (χ0v) is 7.52. The van der Waals surface area contributed by atoms with Crippen molar-refractivity contribution >= 4 is 9.52 Å². The summed E-state index contributed by atoms with van der Waals surface area (Å²) in [5, 5.41) is 0. The fraction of sp³-hybridized carbons (Fsp3) is 1.00. The topological polar surface area (TPSA) is 26.0 Å². The molecule has 54 valence electrons. The van der Waals surface area contributed by atoms with Crippen molar-refractivity contribution in [1.29, 1.82) is 0 Å². The first kappa shape index (κ1) is 7.29. The van der Waals surface area contributed by atoms with Crippen LogP contribution in [0.1, 0.15) is 32.1 Å². The van der Waals surface area contributed by atoms with Crippen LogP contribution in [0, 0.1) is 0 Å². The van der Waals surface area contributed by atoms with E-state index in [-0.39, 0.29) is 9.52 Å². The SMILES string of the molecule is NC[SiH2]C1CCCCC1. The lowest BCUT2D eigenvalue weighted by Gasteiger charge is -2.19. The maximum atomic E-state index is 5.52. The van der Waals surface area contributed by atoms with Gasteiger partial charge < -0.3 is 5.73 Å². The largest absolute Gasteiger partial charge is 0.334 e. The number of nitrogens with two attached hydrogens (primary N) is 1. The first-order valence-electron chi connectivity index (χ1n) is 4.13. The molecule has 0 radical (unpaired) electrons. The molecule has 2 heteroatoms. The van der Waals surface area contributed by atoms with Gasteiger partial charge in [0.1, 0.15) is 0 Å². The summed E-state index contributed by atoms with van der Waals surface area (Å²) < 4.78 is 0. The van der Waals surface area contributed by atoms with Gasteiger partial charge in [0, 0.05) is 9.52 Å². The maximum Gasteiger partial charge on any atom is 0.0393 e. The molecule has 0 amide bonds. The van der Waals surface area contributed by atoms with Crippen molar-refractivity contribution in [3.05, 3.63) is 0 Å². The molecule has 0 aliphatic heterocycles. The fourth-order valence-electron chi connectivity index (χ4n) is 1.71. The van der Waals surface area contributed by atoms with Gasteiger partial charge in [0.15, 0.2) is 0 Å². The monoisotopic (exact) mass is 143 g/mol. The summed E-state index contributed by atoms with van der Waals surface area (Å²) in [6.07, 6.45) is 8.49. The van der Waals surface area contributed by atoms with Gasteiger partial charge in [-0.2, -0.15) is 0 Å². The highest BCUT2D eigenvalue weighted by atomic mass is 28.2. The van der Waals surface area contributed by atoms with Crippen molar-refractivity contribution in [3.63, 3.8) is 0 Å². The van der Waals surface area contributed by atoms with Gasteiger partial charge >= 0.3 is 0 Å². The Morgan fingerprint density at radius 1 is 1.22 bits per heavy atom. The molecule has 1 nitrogen and oxygen atoms in total. The van der Waals surface area contributed by atoms with Gasteiger partial charge in [-0.1, -0.05) is 32.1 Å². The van der Waals surface area contributed by atoms with Crippen LogP contribution >= 0.6 is 0 Å².